The first kappa shape index (κ1) is 16.0. The number of nitrogens with zero attached hydrogens (tertiary/aromatic N) is 1. The van der Waals surface area contributed by atoms with Crippen LogP contribution in [0.5, 0.6) is 0 Å². The van der Waals surface area contributed by atoms with E-state index in [1.807, 2.05) is 6.92 Å². The number of carbonyl (C=O) groups is 1. The molecule has 0 saturated carbocycles. The third kappa shape index (κ3) is 4.20. The van der Waals surface area contributed by atoms with Crippen molar-refractivity contribution in [3.8, 4) is 0 Å². The quantitative estimate of drug-likeness (QED) is 0.755. The SMILES string of the molecule is CCCC(=O)c1ccn(CCS(=O)(=O)C(C)(C)C)c1. The molecule has 0 unspecified atom stereocenters. The molecule has 0 aliphatic rings. The summed E-state index contributed by atoms with van der Waals surface area (Å²) in [6, 6.07) is 1.75. The molecule has 0 aliphatic carbocycles. The summed E-state index contributed by atoms with van der Waals surface area (Å²) >= 11 is 0. The number of aryl methyl sites for hydroxylation is 1. The second-order valence-electron chi connectivity index (χ2n) is 5.74. The Bertz CT molecular complexity index is 535. The van der Waals surface area contributed by atoms with Gasteiger partial charge in [-0.3, -0.25) is 4.79 Å². The Labute approximate surface area is 115 Å². The minimum absolute atomic E-state index is 0.0899. The number of ketones is 1. The standard InChI is InChI=1S/C14H23NO3S/c1-5-6-13(16)12-7-8-15(11-12)9-10-19(17,18)14(2,3)4/h7-8,11H,5-6,9-10H2,1-4H3. The van der Waals surface area contributed by atoms with Crippen molar-refractivity contribution in [2.45, 2.75) is 51.8 Å². The van der Waals surface area contributed by atoms with Crippen LogP contribution in [0, 0.1) is 0 Å². The first-order valence-electron chi connectivity index (χ1n) is 6.58. The lowest BCUT2D eigenvalue weighted by molar-refractivity contribution is 0.0981. The summed E-state index contributed by atoms with van der Waals surface area (Å²) in [5.74, 6) is 0.201. The van der Waals surface area contributed by atoms with Crippen LogP contribution >= 0.6 is 0 Å². The van der Waals surface area contributed by atoms with Crippen LogP contribution < -0.4 is 0 Å². The number of sulfone groups is 1. The van der Waals surface area contributed by atoms with Crippen LogP contribution in [-0.4, -0.2) is 29.3 Å². The van der Waals surface area contributed by atoms with Crippen LogP contribution in [0.3, 0.4) is 0 Å². The summed E-state index contributed by atoms with van der Waals surface area (Å²) < 4.78 is 25.0. The average Bonchev–Trinajstić information content (AvgIpc) is 2.74. The number of carbonyl (C=O) groups excluding carboxylic acids is 1. The van der Waals surface area contributed by atoms with Gasteiger partial charge in [0.1, 0.15) is 0 Å². The Balaban J connectivity index is 2.68. The van der Waals surface area contributed by atoms with E-state index in [1.54, 1.807) is 43.8 Å². The van der Waals surface area contributed by atoms with Crippen molar-refractivity contribution in [1.29, 1.82) is 0 Å². The fourth-order valence-electron chi connectivity index (χ4n) is 1.65. The number of Topliss-reactive ketones (excluding diaryl/α,β-unsaturated/α-hetero) is 1. The molecule has 0 fully saturated rings. The first-order chi connectivity index (χ1) is 8.67. The van der Waals surface area contributed by atoms with Crippen molar-refractivity contribution in [2.75, 3.05) is 5.75 Å². The maximum Gasteiger partial charge on any atom is 0.164 e. The van der Waals surface area contributed by atoms with Gasteiger partial charge in [-0.25, -0.2) is 8.42 Å². The van der Waals surface area contributed by atoms with Crippen LogP contribution in [0.1, 0.15) is 50.9 Å². The molecule has 0 N–H and O–H groups in total. The smallest absolute Gasteiger partial charge is 0.164 e. The zero-order chi connectivity index (χ0) is 14.7. The van der Waals surface area contributed by atoms with Gasteiger partial charge in [-0.1, -0.05) is 6.92 Å². The maximum atomic E-state index is 12.0. The zero-order valence-corrected chi connectivity index (χ0v) is 13.0. The third-order valence-corrected chi connectivity index (χ3v) is 5.69. The molecule has 1 aromatic rings. The second kappa shape index (κ2) is 5.90. The van der Waals surface area contributed by atoms with E-state index in [9.17, 15) is 13.2 Å². The van der Waals surface area contributed by atoms with Crippen LogP contribution in [0.15, 0.2) is 18.5 Å². The van der Waals surface area contributed by atoms with Crippen molar-refractivity contribution >= 4 is 15.6 Å². The second-order valence-corrected chi connectivity index (χ2v) is 8.60. The Morgan fingerprint density at radius 1 is 1.32 bits per heavy atom. The molecule has 0 atom stereocenters. The Hall–Kier alpha value is -1.10. The summed E-state index contributed by atoms with van der Waals surface area (Å²) in [5.41, 5.74) is 0.662. The van der Waals surface area contributed by atoms with Gasteiger partial charge in [-0.05, 0) is 33.3 Å². The van der Waals surface area contributed by atoms with Gasteiger partial charge in [0.15, 0.2) is 15.6 Å². The van der Waals surface area contributed by atoms with E-state index in [0.29, 0.717) is 18.5 Å². The lowest BCUT2D eigenvalue weighted by Gasteiger charge is -2.19. The van der Waals surface area contributed by atoms with Gasteiger partial charge in [0.05, 0.1) is 10.5 Å². The first-order valence-corrected chi connectivity index (χ1v) is 8.24. The van der Waals surface area contributed by atoms with Crippen molar-refractivity contribution in [3.63, 3.8) is 0 Å². The van der Waals surface area contributed by atoms with Crippen molar-refractivity contribution in [2.24, 2.45) is 0 Å². The van der Waals surface area contributed by atoms with Gasteiger partial charge in [-0.2, -0.15) is 0 Å². The molecule has 0 spiro atoms. The fraction of sp³-hybridized carbons (Fsp3) is 0.643. The van der Waals surface area contributed by atoms with Crippen molar-refractivity contribution < 1.29 is 13.2 Å². The Morgan fingerprint density at radius 2 is 1.95 bits per heavy atom. The highest BCUT2D eigenvalue weighted by Gasteiger charge is 2.28. The highest BCUT2D eigenvalue weighted by molar-refractivity contribution is 7.92. The summed E-state index contributed by atoms with van der Waals surface area (Å²) in [4.78, 5) is 11.7. The Morgan fingerprint density at radius 3 is 2.47 bits per heavy atom. The highest BCUT2D eigenvalue weighted by Crippen LogP contribution is 2.16. The van der Waals surface area contributed by atoms with E-state index >= 15 is 0 Å². The molecule has 1 rings (SSSR count). The summed E-state index contributed by atoms with van der Waals surface area (Å²) in [7, 11) is -3.12. The van der Waals surface area contributed by atoms with Gasteiger partial charge in [0.25, 0.3) is 0 Å². The van der Waals surface area contributed by atoms with E-state index in [-0.39, 0.29) is 11.5 Å². The molecule has 0 aromatic carbocycles. The minimum atomic E-state index is -3.12. The molecular weight excluding hydrogens is 262 g/mol. The number of aromatic nitrogens is 1. The Kier molecular flexibility index (Phi) is 4.96. The van der Waals surface area contributed by atoms with E-state index in [2.05, 4.69) is 0 Å². The highest BCUT2D eigenvalue weighted by atomic mass is 32.2. The lowest BCUT2D eigenvalue weighted by Crippen LogP contribution is -2.31. The molecule has 0 aliphatic heterocycles. The average molecular weight is 285 g/mol. The van der Waals surface area contributed by atoms with Crippen LogP contribution in [0.2, 0.25) is 0 Å². The predicted molar refractivity (Wildman–Crippen MR) is 77.2 cm³/mol. The van der Waals surface area contributed by atoms with E-state index in [4.69, 9.17) is 0 Å². The van der Waals surface area contributed by atoms with E-state index in [0.717, 1.165) is 6.42 Å². The maximum absolute atomic E-state index is 12.0. The molecule has 1 heterocycles. The largest absolute Gasteiger partial charge is 0.352 e. The number of rotatable bonds is 6. The van der Waals surface area contributed by atoms with Gasteiger partial charge < -0.3 is 4.57 Å². The molecule has 1 aromatic heterocycles. The van der Waals surface area contributed by atoms with E-state index in [1.165, 1.54) is 0 Å². The lowest BCUT2D eigenvalue weighted by atomic mass is 10.1. The van der Waals surface area contributed by atoms with Crippen molar-refractivity contribution in [1.82, 2.24) is 4.57 Å². The minimum Gasteiger partial charge on any atom is -0.352 e. The molecule has 0 amide bonds. The summed E-state index contributed by atoms with van der Waals surface area (Å²) in [5, 5.41) is 0. The summed E-state index contributed by atoms with van der Waals surface area (Å²) in [6.07, 6.45) is 4.85. The van der Waals surface area contributed by atoms with Crippen LogP contribution in [0.25, 0.3) is 0 Å². The van der Waals surface area contributed by atoms with Gasteiger partial charge in [0, 0.05) is 30.9 Å². The fourth-order valence-corrected chi connectivity index (χ4v) is 2.71. The van der Waals surface area contributed by atoms with Crippen LogP contribution in [0.4, 0.5) is 0 Å². The normalized spacial score (nSPS) is 12.6. The van der Waals surface area contributed by atoms with E-state index < -0.39 is 14.6 Å². The van der Waals surface area contributed by atoms with Gasteiger partial charge in [0.2, 0.25) is 0 Å². The number of hydrogen-bond acceptors (Lipinski definition) is 3. The molecule has 108 valence electrons. The topological polar surface area (TPSA) is 56.1 Å². The molecule has 4 nitrogen and oxygen atoms in total. The molecule has 19 heavy (non-hydrogen) atoms. The molecular formula is C14H23NO3S. The third-order valence-electron chi connectivity index (χ3n) is 3.10. The molecule has 5 heteroatoms. The van der Waals surface area contributed by atoms with Gasteiger partial charge >= 0.3 is 0 Å². The molecule has 0 radical (unpaired) electrons. The van der Waals surface area contributed by atoms with Crippen molar-refractivity contribution in [3.05, 3.63) is 24.0 Å². The monoisotopic (exact) mass is 285 g/mol. The molecule has 0 bridgehead atoms. The molecule has 0 saturated heterocycles. The van der Waals surface area contributed by atoms with Gasteiger partial charge in [-0.15, -0.1) is 0 Å². The van der Waals surface area contributed by atoms with Crippen LogP contribution in [-0.2, 0) is 16.4 Å². The number of hydrogen-bond donors (Lipinski definition) is 0. The predicted octanol–water partition coefficient (Wildman–Crippen LogP) is 2.68. The summed E-state index contributed by atoms with van der Waals surface area (Å²) in [6.45, 7) is 7.46. The zero-order valence-electron chi connectivity index (χ0n) is 12.1.